The number of halogens is 1. The molecule has 0 spiro atoms. The molecular formula is C14H20FNO. The predicted molar refractivity (Wildman–Crippen MR) is 66.3 cm³/mol. The van der Waals surface area contributed by atoms with Crippen LogP contribution in [0.5, 0.6) is 0 Å². The molecule has 0 unspecified atom stereocenters. The van der Waals surface area contributed by atoms with Crippen LogP contribution >= 0.6 is 0 Å². The molecule has 1 heterocycles. The van der Waals surface area contributed by atoms with Crippen LogP contribution in [0, 0.1) is 5.82 Å². The van der Waals surface area contributed by atoms with Crippen LogP contribution in [0.2, 0.25) is 0 Å². The first kappa shape index (κ1) is 12.5. The van der Waals surface area contributed by atoms with Crippen LogP contribution in [-0.4, -0.2) is 30.6 Å². The van der Waals surface area contributed by atoms with Gasteiger partial charge in [0.1, 0.15) is 5.82 Å². The Bertz CT molecular complexity index is 372. The summed E-state index contributed by atoms with van der Waals surface area (Å²) < 4.78 is 19.4. The maximum atomic E-state index is 13.4. The van der Waals surface area contributed by atoms with Gasteiger partial charge in [-0.3, -0.25) is 0 Å². The van der Waals surface area contributed by atoms with Crippen LogP contribution < -0.4 is 0 Å². The molecule has 1 aromatic rings. The van der Waals surface area contributed by atoms with E-state index in [2.05, 4.69) is 18.9 Å². The third-order valence-electron chi connectivity index (χ3n) is 3.58. The van der Waals surface area contributed by atoms with Crippen molar-refractivity contribution in [2.24, 2.45) is 0 Å². The molecule has 2 nitrogen and oxygen atoms in total. The Labute approximate surface area is 102 Å². The van der Waals surface area contributed by atoms with Crippen LogP contribution in [-0.2, 0) is 11.3 Å². The van der Waals surface area contributed by atoms with Crippen molar-refractivity contribution in [1.29, 1.82) is 0 Å². The summed E-state index contributed by atoms with van der Waals surface area (Å²) in [5.41, 5.74) is 0.544. The van der Waals surface area contributed by atoms with E-state index >= 15 is 0 Å². The van der Waals surface area contributed by atoms with Gasteiger partial charge in [-0.1, -0.05) is 18.2 Å². The van der Waals surface area contributed by atoms with Gasteiger partial charge in [0.15, 0.2) is 0 Å². The monoisotopic (exact) mass is 237 g/mol. The van der Waals surface area contributed by atoms with E-state index in [-0.39, 0.29) is 11.4 Å². The molecule has 0 N–H and O–H groups in total. The molecule has 0 saturated carbocycles. The van der Waals surface area contributed by atoms with Crippen molar-refractivity contribution >= 4 is 0 Å². The molecule has 17 heavy (non-hydrogen) atoms. The van der Waals surface area contributed by atoms with Crippen molar-refractivity contribution in [1.82, 2.24) is 4.90 Å². The van der Waals surface area contributed by atoms with Gasteiger partial charge in [0.2, 0.25) is 0 Å². The summed E-state index contributed by atoms with van der Waals surface area (Å²) in [6, 6.07) is 6.82. The SMILES string of the molecule is CN1CCC(C)(OCc2ccccc2F)CC1. The fourth-order valence-corrected chi connectivity index (χ4v) is 2.10. The lowest BCUT2D eigenvalue weighted by molar-refractivity contribution is -0.0781. The third-order valence-corrected chi connectivity index (χ3v) is 3.58. The van der Waals surface area contributed by atoms with Gasteiger partial charge in [0.25, 0.3) is 0 Å². The molecule has 1 fully saturated rings. The lowest BCUT2D eigenvalue weighted by Gasteiger charge is -2.37. The van der Waals surface area contributed by atoms with Crippen LogP contribution in [0.25, 0.3) is 0 Å². The Kier molecular flexibility index (Phi) is 3.79. The zero-order valence-electron chi connectivity index (χ0n) is 10.6. The molecule has 1 aliphatic rings. The highest BCUT2D eigenvalue weighted by Crippen LogP contribution is 2.26. The summed E-state index contributed by atoms with van der Waals surface area (Å²) in [5.74, 6) is -0.177. The first-order valence-corrected chi connectivity index (χ1v) is 6.15. The highest BCUT2D eigenvalue weighted by molar-refractivity contribution is 5.16. The minimum Gasteiger partial charge on any atom is -0.370 e. The first-order chi connectivity index (χ1) is 8.09. The second-order valence-corrected chi connectivity index (χ2v) is 5.13. The Balaban J connectivity index is 1.92. The van der Waals surface area contributed by atoms with Gasteiger partial charge in [-0.15, -0.1) is 0 Å². The van der Waals surface area contributed by atoms with Gasteiger partial charge in [-0.05, 0) is 32.9 Å². The number of ether oxygens (including phenoxy) is 1. The van der Waals surface area contributed by atoms with Crippen molar-refractivity contribution in [3.8, 4) is 0 Å². The van der Waals surface area contributed by atoms with Crippen molar-refractivity contribution in [2.75, 3.05) is 20.1 Å². The van der Waals surface area contributed by atoms with E-state index in [1.807, 2.05) is 6.07 Å². The highest BCUT2D eigenvalue weighted by Gasteiger charge is 2.29. The van der Waals surface area contributed by atoms with E-state index in [0.717, 1.165) is 25.9 Å². The Morgan fingerprint density at radius 3 is 2.59 bits per heavy atom. The summed E-state index contributed by atoms with van der Waals surface area (Å²) >= 11 is 0. The maximum Gasteiger partial charge on any atom is 0.128 e. The molecule has 0 bridgehead atoms. The fraction of sp³-hybridized carbons (Fsp3) is 0.571. The molecule has 1 aromatic carbocycles. The van der Waals surface area contributed by atoms with Crippen molar-refractivity contribution in [3.63, 3.8) is 0 Å². The molecule has 0 atom stereocenters. The number of hydrogen-bond donors (Lipinski definition) is 0. The van der Waals surface area contributed by atoms with Crippen LogP contribution in [0.3, 0.4) is 0 Å². The number of rotatable bonds is 3. The van der Waals surface area contributed by atoms with Gasteiger partial charge < -0.3 is 9.64 Å². The number of benzene rings is 1. The third kappa shape index (κ3) is 3.27. The van der Waals surface area contributed by atoms with Gasteiger partial charge in [0, 0.05) is 18.7 Å². The zero-order chi connectivity index (χ0) is 12.3. The summed E-state index contributed by atoms with van der Waals surface area (Å²) in [6.45, 7) is 4.59. The largest absolute Gasteiger partial charge is 0.370 e. The number of hydrogen-bond acceptors (Lipinski definition) is 2. The number of piperidine rings is 1. The van der Waals surface area contributed by atoms with E-state index in [9.17, 15) is 4.39 Å². The second kappa shape index (κ2) is 5.15. The van der Waals surface area contributed by atoms with E-state index < -0.39 is 0 Å². The van der Waals surface area contributed by atoms with Crippen molar-refractivity contribution in [3.05, 3.63) is 35.6 Å². The van der Waals surface area contributed by atoms with E-state index in [4.69, 9.17) is 4.74 Å². The highest BCUT2D eigenvalue weighted by atomic mass is 19.1. The average Bonchev–Trinajstić information content (AvgIpc) is 2.33. The van der Waals surface area contributed by atoms with Crippen molar-refractivity contribution in [2.45, 2.75) is 32.0 Å². The van der Waals surface area contributed by atoms with E-state index in [0.29, 0.717) is 12.2 Å². The molecule has 94 valence electrons. The van der Waals surface area contributed by atoms with Crippen LogP contribution in [0.4, 0.5) is 4.39 Å². The molecule has 0 amide bonds. The van der Waals surface area contributed by atoms with Gasteiger partial charge in [0.05, 0.1) is 12.2 Å². The van der Waals surface area contributed by atoms with Gasteiger partial charge in [-0.25, -0.2) is 4.39 Å². The Morgan fingerprint density at radius 2 is 1.94 bits per heavy atom. The second-order valence-electron chi connectivity index (χ2n) is 5.13. The Hall–Kier alpha value is -0.930. The molecule has 1 saturated heterocycles. The normalized spacial score (nSPS) is 20.4. The minimum absolute atomic E-state index is 0.102. The van der Waals surface area contributed by atoms with Crippen LogP contribution in [0.1, 0.15) is 25.3 Å². The smallest absolute Gasteiger partial charge is 0.128 e. The fourth-order valence-electron chi connectivity index (χ4n) is 2.10. The van der Waals surface area contributed by atoms with E-state index in [1.54, 1.807) is 12.1 Å². The summed E-state index contributed by atoms with van der Waals surface area (Å²) in [4.78, 5) is 2.30. The van der Waals surface area contributed by atoms with Crippen molar-refractivity contribution < 1.29 is 9.13 Å². The molecule has 0 aliphatic carbocycles. The first-order valence-electron chi connectivity index (χ1n) is 6.15. The molecule has 2 rings (SSSR count). The standard InChI is InChI=1S/C14H20FNO/c1-14(7-9-16(2)10-8-14)17-11-12-5-3-4-6-13(12)15/h3-6H,7-11H2,1-2H3. The number of likely N-dealkylation sites (tertiary alicyclic amines) is 1. The maximum absolute atomic E-state index is 13.4. The summed E-state index contributed by atoms with van der Waals surface area (Å²) in [6.07, 6.45) is 2.02. The molecule has 1 aliphatic heterocycles. The lowest BCUT2D eigenvalue weighted by Crippen LogP contribution is -2.42. The van der Waals surface area contributed by atoms with Gasteiger partial charge in [-0.2, -0.15) is 0 Å². The summed E-state index contributed by atoms with van der Waals surface area (Å²) in [5, 5.41) is 0. The average molecular weight is 237 g/mol. The topological polar surface area (TPSA) is 12.5 Å². The number of nitrogens with zero attached hydrogens (tertiary/aromatic N) is 1. The van der Waals surface area contributed by atoms with Gasteiger partial charge >= 0.3 is 0 Å². The summed E-state index contributed by atoms with van der Waals surface area (Å²) in [7, 11) is 2.12. The molecular weight excluding hydrogens is 217 g/mol. The molecule has 3 heteroatoms. The molecule has 0 radical (unpaired) electrons. The van der Waals surface area contributed by atoms with Crippen LogP contribution in [0.15, 0.2) is 24.3 Å². The minimum atomic E-state index is -0.177. The zero-order valence-corrected chi connectivity index (χ0v) is 10.6. The Morgan fingerprint density at radius 1 is 1.29 bits per heavy atom. The lowest BCUT2D eigenvalue weighted by atomic mass is 9.93. The predicted octanol–water partition coefficient (Wildman–Crippen LogP) is 2.83. The molecule has 0 aromatic heterocycles. The quantitative estimate of drug-likeness (QED) is 0.801. The van der Waals surface area contributed by atoms with E-state index in [1.165, 1.54) is 6.07 Å².